The van der Waals surface area contributed by atoms with Gasteiger partial charge in [-0.05, 0) is 79.9 Å². The third-order valence-electron chi connectivity index (χ3n) is 5.15. The molecule has 3 saturated heterocycles. The van der Waals surface area contributed by atoms with Crippen LogP contribution in [0.15, 0.2) is 45.0 Å². The molecule has 0 saturated carbocycles. The highest BCUT2D eigenvalue weighted by Crippen LogP contribution is 2.32. The van der Waals surface area contributed by atoms with Gasteiger partial charge in [-0.1, -0.05) is 0 Å². The molecule has 1 N–H and O–H groups in total. The lowest BCUT2D eigenvalue weighted by Gasteiger charge is -2.48. The second-order valence-corrected chi connectivity index (χ2v) is 8.16. The Bertz CT molecular complexity index is 764. The number of benzene rings is 1. The number of hydrogen-bond donors (Lipinski definition) is 1. The minimum atomic E-state index is 0.00196. The first-order chi connectivity index (χ1) is 12.1. The molecule has 1 aromatic carbocycles. The van der Waals surface area contributed by atoms with Crippen molar-refractivity contribution in [3.05, 3.63) is 41.2 Å². The van der Waals surface area contributed by atoms with Crippen LogP contribution in [0.3, 0.4) is 0 Å². The van der Waals surface area contributed by atoms with E-state index in [-0.39, 0.29) is 17.2 Å². The minimum Gasteiger partial charge on any atom is -0.419 e. The number of carbonyl (C=O) groups excluding carboxylic acids is 1. The maximum absolute atomic E-state index is 12.6. The molecule has 1 aromatic heterocycles. The fourth-order valence-corrected chi connectivity index (χ4v) is 4.65. The van der Waals surface area contributed by atoms with Gasteiger partial charge in [-0.15, -0.1) is 0 Å². The molecule has 5 nitrogen and oxygen atoms in total. The molecule has 0 spiro atoms. The van der Waals surface area contributed by atoms with Crippen LogP contribution in [-0.4, -0.2) is 41.0 Å². The third kappa shape index (κ3) is 3.71. The van der Waals surface area contributed by atoms with E-state index in [2.05, 4.69) is 22.1 Å². The Morgan fingerprint density at radius 3 is 2.80 bits per heavy atom. The monoisotopic (exact) mass is 377 g/mol. The molecule has 7 heteroatoms. The zero-order valence-corrected chi connectivity index (χ0v) is 15.5. The van der Waals surface area contributed by atoms with Crippen LogP contribution in [0.1, 0.15) is 30.1 Å². The van der Waals surface area contributed by atoms with Gasteiger partial charge in [-0.2, -0.15) is 0 Å². The normalized spacial score (nSPS) is 28.1. The molecular formula is C18H20ClN3O2S. The summed E-state index contributed by atoms with van der Waals surface area (Å²) in [4.78, 5) is 20.0. The van der Waals surface area contributed by atoms with E-state index in [4.69, 9.17) is 16.0 Å². The second kappa shape index (κ2) is 7.02. The number of oxazole rings is 1. The Hall–Kier alpha value is -1.50. The van der Waals surface area contributed by atoms with Gasteiger partial charge < -0.3 is 9.73 Å². The molecule has 3 aliphatic heterocycles. The number of hydrogen-bond acceptors (Lipinski definition) is 5. The molecule has 5 rings (SSSR count). The van der Waals surface area contributed by atoms with Crippen molar-refractivity contribution in [1.29, 1.82) is 0 Å². The summed E-state index contributed by atoms with van der Waals surface area (Å²) in [5.74, 6) is 0.607. The van der Waals surface area contributed by atoms with Crippen molar-refractivity contribution in [2.24, 2.45) is 5.92 Å². The van der Waals surface area contributed by atoms with Crippen molar-refractivity contribution in [3.63, 3.8) is 0 Å². The topological polar surface area (TPSA) is 58.4 Å². The predicted octanol–water partition coefficient (Wildman–Crippen LogP) is 3.69. The predicted molar refractivity (Wildman–Crippen MR) is 97.1 cm³/mol. The van der Waals surface area contributed by atoms with Crippen LogP contribution < -0.4 is 5.32 Å². The van der Waals surface area contributed by atoms with Crippen molar-refractivity contribution < 1.29 is 9.21 Å². The van der Waals surface area contributed by atoms with Gasteiger partial charge in [-0.3, -0.25) is 9.69 Å². The van der Waals surface area contributed by atoms with Gasteiger partial charge in [0.25, 0.3) is 11.1 Å². The molecule has 3 aliphatic rings. The number of aromatic nitrogens is 1. The van der Waals surface area contributed by atoms with Gasteiger partial charge in [-0.25, -0.2) is 4.98 Å². The standard InChI is InChI=1S/C18H20ClN3O2S/c1-11-8-13-6-7-22(11)10-15(13)21-17(23)12-2-4-14(5-3-12)25-18-20-9-16(19)24-18/h2-5,9,11,13,15H,6-8,10H2,1H3,(H,21,23). The zero-order valence-electron chi connectivity index (χ0n) is 13.9. The Morgan fingerprint density at radius 2 is 2.20 bits per heavy atom. The molecular weight excluding hydrogens is 358 g/mol. The summed E-state index contributed by atoms with van der Waals surface area (Å²) < 4.78 is 5.24. The smallest absolute Gasteiger partial charge is 0.261 e. The molecule has 3 fully saturated rings. The van der Waals surface area contributed by atoms with Crippen LogP contribution in [0.5, 0.6) is 0 Å². The number of fused-ring (bicyclic) bond motifs is 3. The van der Waals surface area contributed by atoms with Crippen molar-refractivity contribution in [2.45, 2.75) is 42.0 Å². The molecule has 0 aliphatic carbocycles. The Balaban J connectivity index is 1.37. The summed E-state index contributed by atoms with van der Waals surface area (Å²) in [7, 11) is 0. The summed E-state index contributed by atoms with van der Waals surface area (Å²) in [5, 5.41) is 3.98. The van der Waals surface area contributed by atoms with E-state index in [9.17, 15) is 4.79 Å². The Morgan fingerprint density at radius 1 is 1.40 bits per heavy atom. The molecule has 4 unspecified atom stereocenters. The summed E-state index contributed by atoms with van der Waals surface area (Å²) in [6.07, 6.45) is 3.84. The quantitative estimate of drug-likeness (QED) is 0.880. The van der Waals surface area contributed by atoms with E-state index >= 15 is 0 Å². The van der Waals surface area contributed by atoms with E-state index in [1.165, 1.54) is 30.8 Å². The lowest BCUT2D eigenvalue weighted by Crippen LogP contribution is -2.60. The average molecular weight is 378 g/mol. The maximum Gasteiger partial charge on any atom is 0.261 e. The molecule has 4 heterocycles. The Kier molecular flexibility index (Phi) is 4.75. The minimum absolute atomic E-state index is 0.00196. The molecule has 1 amide bonds. The lowest BCUT2D eigenvalue weighted by atomic mass is 9.80. The van der Waals surface area contributed by atoms with Crippen LogP contribution in [-0.2, 0) is 0 Å². The highest BCUT2D eigenvalue weighted by molar-refractivity contribution is 7.99. The molecule has 132 valence electrons. The average Bonchev–Trinajstić information content (AvgIpc) is 3.01. The van der Waals surface area contributed by atoms with Crippen LogP contribution in [0.4, 0.5) is 0 Å². The molecule has 4 atom stereocenters. The number of piperidine rings is 3. The van der Waals surface area contributed by atoms with Crippen molar-refractivity contribution in [1.82, 2.24) is 15.2 Å². The molecule has 2 bridgehead atoms. The van der Waals surface area contributed by atoms with Crippen LogP contribution in [0.25, 0.3) is 0 Å². The molecule has 0 radical (unpaired) electrons. The van der Waals surface area contributed by atoms with E-state index in [0.717, 1.165) is 18.0 Å². The summed E-state index contributed by atoms with van der Waals surface area (Å²) in [5.41, 5.74) is 0.680. The first-order valence-electron chi connectivity index (χ1n) is 8.52. The van der Waals surface area contributed by atoms with Gasteiger partial charge in [0, 0.05) is 29.1 Å². The van der Waals surface area contributed by atoms with E-state index < -0.39 is 0 Å². The van der Waals surface area contributed by atoms with Gasteiger partial charge in [0.15, 0.2) is 0 Å². The first-order valence-corrected chi connectivity index (χ1v) is 9.72. The zero-order chi connectivity index (χ0) is 17.4. The number of nitrogens with one attached hydrogen (secondary N) is 1. The number of nitrogens with zero attached hydrogens (tertiary/aromatic N) is 2. The van der Waals surface area contributed by atoms with Crippen molar-refractivity contribution in [2.75, 3.05) is 13.1 Å². The molecule has 2 aromatic rings. The van der Waals surface area contributed by atoms with E-state index in [1.807, 2.05) is 24.3 Å². The fourth-order valence-electron chi connectivity index (χ4n) is 3.77. The number of rotatable bonds is 4. The molecule has 25 heavy (non-hydrogen) atoms. The summed E-state index contributed by atoms with van der Waals surface area (Å²) in [6, 6.07) is 8.39. The number of carbonyl (C=O) groups is 1. The van der Waals surface area contributed by atoms with Crippen LogP contribution in [0, 0.1) is 5.92 Å². The van der Waals surface area contributed by atoms with Gasteiger partial charge in [0.05, 0.1) is 6.20 Å². The van der Waals surface area contributed by atoms with Crippen molar-refractivity contribution >= 4 is 29.3 Å². The highest BCUT2D eigenvalue weighted by atomic mass is 35.5. The largest absolute Gasteiger partial charge is 0.419 e. The highest BCUT2D eigenvalue weighted by Gasteiger charge is 2.38. The van der Waals surface area contributed by atoms with Gasteiger partial charge in [0.2, 0.25) is 5.22 Å². The summed E-state index contributed by atoms with van der Waals surface area (Å²) in [6.45, 7) is 4.41. The maximum atomic E-state index is 12.6. The number of amides is 1. The SMILES string of the molecule is CC1CC2CCN1CC2NC(=O)c1ccc(Sc2ncc(Cl)o2)cc1. The van der Waals surface area contributed by atoms with E-state index in [0.29, 0.717) is 22.7 Å². The first kappa shape index (κ1) is 16.9. The van der Waals surface area contributed by atoms with Gasteiger partial charge in [0.1, 0.15) is 0 Å². The number of halogens is 1. The van der Waals surface area contributed by atoms with E-state index in [1.54, 1.807) is 0 Å². The van der Waals surface area contributed by atoms with Crippen molar-refractivity contribution in [3.8, 4) is 0 Å². The van der Waals surface area contributed by atoms with Crippen LogP contribution >= 0.6 is 23.4 Å². The van der Waals surface area contributed by atoms with Gasteiger partial charge >= 0.3 is 0 Å². The summed E-state index contributed by atoms with van der Waals surface area (Å²) >= 11 is 7.10. The second-order valence-electron chi connectivity index (χ2n) is 6.77. The fraction of sp³-hybridized carbons (Fsp3) is 0.444. The Labute approximate surface area is 156 Å². The lowest BCUT2D eigenvalue weighted by molar-refractivity contribution is 0.0274. The third-order valence-corrected chi connectivity index (χ3v) is 6.19. The van der Waals surface area contributed by atoms with Crippen LogP contribution in [0.2, 0.25) is 5.22 Å².